The van der Waals surface area contributed by atoms with Crippen LogP contribution in [-0.4, -0.2) is 57.8 Å². The number of fused-ring (bicyclic) bond motifs is 1. The molecule has 8 heteroatoms. The number of pyridine rings is 3. The van der Waals surface area contributed by atoms with E-state index >= 15 is 0 Å². The topological polar surface area (TPSA) is 100 Å². The second kappa shape index (κ2) is 9.51. The number of nitrogens with one attached hydrogen (secondary N) is 2. The minimum Gasteiger partial charge on any atom is -0.368 e. The molecule has 0 bridgehead atoms. The van der Waals surface area contributed by atoms with Gasteiger partial charge in [-0.25, -0.2) is 4.98 Å². The molecule has 0 saturated carbocycles. The molecular formula is C23H26N6O2. The molecule has 0 atom stereocenters. The molecule has 31 heavy (non-hydrogen) atoms. The highest BCUT2D eigenvalue weighted by Gasteiger charge is 2.25. The molecule has 1 aliphatic rings. The van der Waals surface area contributed by atoms with Crippen molar-refractivity contribution >= 4 is 28.5 Å². The van der Waals surface area contributed by atoms with Gasteiger partial charge >= 0.3 is 0 Å². The summed E-state index contributed by atoms with van der Waals surface area (Å²) in [4.78, 5) is 39.0. The third-order valence-corrected chi connectivity index (χ3v) is 5.60. The predicted octanol–water partition coefficient (Wildman–Crippen LogP) is 2.48. The molecule has 4 rings (SSSR count). The second-order valence-corrected chi connectivity index (χ2v) is 7.66. The molecule has 0 radical (unpaired) electrons. The number of piperidine rings is 1. The zero-order valence-electron chi connectivity index (χ0n) is 17.5. The molecule has 160 valence electrons. The first-order valence-corrected chi connectivity index (χ1v) is 10.5. The van der Waals surface area contributed by atoms with Crippen molar-refractivity contribution in [1.29, 1.82) is 0 Å². The van der Waals surface area contributed by atoms with Crippen LogP contribution in [0, 0.1) is 5.92 Å². The first-order valence-electron chi connectivity index (χ1n) is 10.5. The van der Waals surface area contributed by atoms with E-state index in [9.17, 15) is 9.59 Å². The van der Waals surface area contributed by atoms with Gasteiger partial charge in [-0.1, -0.05) is 0 Å². The van der Waals surface area contributed by atoms with Crippen LogP contribution in [0.2, 0.25) is 0 Å². The molecule has 4 heterocycles. The van der Waals surface area contributed by atoms with E-state index in [0.29, 0.717) is 39.0 Å². The fraction of sp³-hybridized carbons (Fsp3) is 0.348. The molecule has 1 fully saturated rings. The highest BCUT2D eigenvalue weighted by atomic mass is 16.2. The van der Waals surface area contributed by atoms with Gasteiger partial charge < -0.3 is 15.5 Å². The average Bonchev–Trinajstić information content (AvgIpc) is 2.82. The lowest BCUT2D eigenvalue weighted by atomic mass is 9.96. The van der Waals surface area contributed by atoms with Gasteiger partial charge in [0, 0.05) is 68.6 Å². The summed E-state index contributed by atoms with van der Waals surface area (Å²) in [5.41, 5.74) is 2.64. The monoisotopic (exact) mass is 418 g/mol. The number of anilines is 1. The first-order chi connectivity index (χ1) is 15.1. The van der Waals surface area contributed by atoms with Gasteiger partial charge in [0.1, 0.15) is 5.82 Å². The number of amides is 2. The van der Waals surface area contributed by atoms with E-state index in [4.69, 9.17) is 4.98 Å². The van der Waals surface area contributed by atoms with Crippen molar-refractivity contribution in [2.45, 2.75) is 19.8 Å². The number of aromatic nitrogens is 3. The van der Waals surface area contributed by atoms with Crippen LogP contribution < -0.4 is 10.6 Å². The summed E-state index contributed by atoms with van der Waals surface area (Å²) in [5.74, 6) is 0.830. The Kier molecular flexibility index (Phi) is 6.35. The quantitative estimate of drug-likeness (QED) is 0.597. The Bertz CT molecular complexity index is 1060. The van der Waals surface area contributed by atoms with Gasteiger partial charge in [-0.05, 0) is 43.2 Å². The van der Waals surface area contributed by atoms with Crippen molar-refractivity contribution in [2.24, 2.45) is 5.92 Å². The summed E-state index contributed by atoms with van der Waals surface area (Å²) in [6, 6.07) is 9.66. The lowest BCUT2D eigenvalue weighted by Crippen LogP contribution is -2.43. The van der Waals surface area contributed by atoms with Gasteiger partial charge in [-0.2, -0.15) is 0 Å². The Morgan fingerprint density at radius 2 is 1.87 bits per heavy atom. The van der Waals surface area contributed by atoms with E-state index in [0.717, 1.165) is 28.0 Å². The Morgan fingerprint density at radius 1 is 1.10 bits per heavy atom. The summed E-state index contributed by atoms with van der Waals surface area (Å²) >= 11 is 0. The van der Waals surface area contributed by atoms with Crippen LogP contribution in [0.25, 0.3) is 22.2 Å². The smallest absolute Gasteiger partial charge is 0.223 e. The summed E-state index contributed by atoms with van der Waals surface area (Å²) in [6.45, 7) is 3.92. The van der Waals surface area contributed by atoms with Crippen LogP contribution >= 0.6 is 0 Å². The molecule has 0 aromatic carbocycles. The van der Waals surface area contributed by atoms with Crippen LogP contribution in [0.1, 0.15) is 19.8 Å². The van der Waals surface area contributed by atoms with Crippen molar-refractivity contribution in [3.8, 4) is 11.3 Å². The number of likely N-dealkylation sites (tertiary alicyclic amines) is 1. The van der Waals surface area contributed by atoms with Gasteiger partial charge in [-0.15, -0.1) is 0 Å². The second-order valence-electron chi connectivity index (χ2n) is 7.66. The fourth-order valence-electron chi connectivity index (χ4n) is 3.85. The van der Waals surface area contributed by atoms with E-state index in [1.54, 1.807) is 30.4 Å². The van der Waals surface area contributed by atoms with E-state index in [2.05, 4.69) is 20.6 Å². The summed E-state index contributed by atoms with van der Waals surface area (Å²) in [7, 11) is 0. The molecule has 2 amide bonds. The maximum atomic E-state index is 12.5. The molecule has 2 N–H and O–H groups in total. The SMILES string of the molecule is CC(=O)N1CCC(C(=O)NCCNc2nc(-c3ccncc3)cc3ncccc23)CC1. The molecule has 0 spiro atoms. The lowest BCUT2D eigenvalue weighted by Gasteiger charge is -2.30. The van der Waals surface area contributed by atoms with E-state index in [-0.39, 0.29) is 17.7 Å². The van der Waals surface area contributed by atoms with Crippen molar-refractivity contribution < 1.29 is 9.59 Å². The van der Waals surface area contributed by atoms with Crippen LogP contribution in [0.4, 0.5) is 5.82 Å². The molecule has 0 unspecified atom stereocenters. The third kappa shape index (κ3) is 4.96. The molecule has 0 aliphatic carbocycles. The van der Waals surface area contributed by atoms with Crippen LogP contribution in [0.3, 0.4) is 0 Å². The maximum Gasteiger partial charge on any atom is 0.223 e. The van der Waals surface area contributed by atoms with E-state index in [1.165, 1.54) is 0 Å². The molecular weight excluding hydrogens is 392 g/mol. The predicted molar refractivity (Wildman–Crippen MR) is 119 cm³/mol. The minimum atomic E-state index is -0.0335. The van der Waals surface area contributed by atoms with Crippen LogP contribution in [0.5, 0.6) is 0 Å². The number of rotatable bonds is 6. The average molecular weight is 419 g/mol. The number of hydrogen-bond donors (Lipinski definition) is 2. The van der Waals surface area contributed by atoms with Crippen molar-refractivity contribution in [3.05, 3.63) is 48.9 Å². The van der Waals surface area contributed by atoms with Crippen LogP contribution in [-0.2, 0) is 9.59 Å². The highest BCUT2D eigenvalue weighted by Crippen LogP contribution is 2.26. The highest BCUT2D eigenvalue weighted by molar-refractivity contribution is 5.92. The molecule has 1 aliphatic heterocycles. The van der Waals surface area contributed by atoms with Gasteiger partial charge in [0.15, 0.2) is 0 Å². The summed E-state index contributed by atoms with van der Waals surface area (Å²) in [5, 5.41) is 7.28. The molecule has 3 aromatic heterocycles. The molecule has 1 saturated heterocycles. The Labute approximate surface area is 181 Å². The normalized spacial score (nSPS) is 14.4. The van der Waals surface area contributed by atoms with Crippen molar-refractivity contribution in [3.63, 3.8) is 0 Å². The Hall–Kier alpha value is -3.55. The number of carbonyl (C=O) groups excluding carboxylic acids is 2. The fourth-order valence-corrected chi connectivity index (χ4v) is 3.85. The zero-order valence-corrected chi connectivity index (χ0v) is 17.5. The first kappa shape index (κ1) is 20.7. The van der Waals surface area contributed by atoms with E-state index < -0.39 is 0 Å². The lowest BCUT2D eigenvalue weighted by molar-refractivity contribution is -0.133. The van der Waals surface area contributed by atoms with E-state index in [1.807, 2.05) is 30.3 Å². The largest absolute Gasteiger partial charge is 0.368 e. The Morgan fingerprint density at radius 3 is 2.61 bits per heavy atom. The number of hydrogen-bond acceptors (Lipinski definition) is 6. The number of nitrogens with zero attached hydrogens (tertiary/aromatic N) is 4. The standard InChI is InChI=1S/C23H26N6O2/c1-16(30)29-13-6-18(7-14-29)23(31)27-12-11-26-22-19-3-2-8-25-21(19)15-20(28-22)17-4-9-24-10-5-17/h2-5,8-10,15,18H,6-7,11-14H2,1H3,(H,26,28)(H,27,31). The van der Waals surface area contributed by atoms with Gasteiger partial charge in [0.25, 0.3) is 0 Å². The number of carbonyl (C=O) groups is 2. The molecule has 8 nitrogen and oxygen atoms in total. The summed E-state index contributed by atoms with van der Waals surface area (Å²) in [6.07, 6.45) is 6.67. The van der Waals surface area contributed by atoms with Crippen LogP contribution in [0.15, 0.2) is 48.9 Å². The minimum absolute atomic E-state index is 0.0335. The van der Waals surface area contributed by atoms with Gasteiger partial charge in [0.05, 0.1) is 11.2 Å². The molecule has 3 aromatic rings. The zero-order chi connectivity index (χ0) is 21.6. The maximum absolute atomic E-state index is 12.5. The van der Waals surface area contributed by atoms with Crippen molar-refractivity contribution in [2.75, 3.05) is 31.5 Å². The summed E-state index contributed by atoms with van der Waals surface area (Å²) < 4.78 is 0. The van der Waals surface area contributed by atoms with Gasteiger partial charge in [-0.3, -0.25) is 19.6 Å². The third-order valence-electron chi connectivity index (χ3n) is 5.60. The van der Waals surface area contributed by atoms with Crippen molar-refractivity contribution in [1.82, 2.24) is 25.2 Å². The van der Waals surface area contributed by atoms with Gasteiger partial charge in [0.2, 0.25) is 11.8 Å². The Balaban J connectivity index is 1.37.